The number of carbonyl (C=O) groups excluding carboxylic acids is 1. The van der Waals surface area contributed by atoms with E-state index in [2.05, 4.69) is 36.4 Å². The van der Waals surface area contributed by atoms with Crippen molar-refractivity contribution in [2.24, 2.45) is 0 Å². The Morgan fingerprint density at radius 1 is 0.952 bits per heavy atom. The smallest absolute Gasteiger partial charge is 0.245 e. The quantitative estimate of drug-likeness (QED) is 0.496. The van der Waals surface area contributed by atoms with Crippen LogP contribution in [0, 0.1) is 0 Å². The summed E-state index contributed by atoms with van der Waals surface area (Å²) < 4.78 is 0. The second kappa shape index (κ2) is 7.60. The average Bonchev–Trinajstić information content (AvgIpc) is 2.52. The normalized spacial score (nSPS) is 10.4. The second-order valence-corrected chi connectivity index (χ2v) is 5.19. The number of rotatable bonds is 6. The molecule has 1 amide bonds. The molecule has 0 aliphatic rings. The van der Waals surface area contributed by atoms with E-state index in [1.807, 2.05) is 18.2 Å². The zero-order chi connectivity index (χ0) is 15.1. The van der Waals surface area contributed by atoms with E-state index in [-0.39, 0.29) is 5.91 Å². The average molecular weight is 283 g/mol. The second-order valence-electron chi connectivity index (χ2n) is 5.19. The third kappa shape index (κ3) is 4.72. The number of nitrogens with zero attached hydrogens (tertiary/aromatic N) is 1. The van der Waals surface area contributed by atoms with Crippen molar-refractivity contribution in [2.45, 2.75) is 25.7 Å². The van der Waals surface area contributed by atoms with Gasteiger partial charge in [0, 0.05) is 13.5 Å². The van der Waals surface area contributed by atoms with Crippen molar-refractivity contribution in [1.29, 1.82) is 0 Å². The van der Waals surface area contributed by atoms with Gasteiger partial charge in [0.25, 0.3) is 0 Å². The van der Waals surface area contributed by atoms with Gasteiger partial charge in [0.2, 0.25) is 5.91 Å². The molecule has 2 aromatic rings. The lowest BCUT2D eigenvalue weighted by atomic mass is 10.0. The monoisotopic (exact) mass is 283 g/mol. The molecule has 0 saturated heterocycles. The van der Waals surface area contributed by atoms with Gasteiger partial charge >= 0.3 is 0 Å². The molecular weight excluding hydrogens is 262 g/mol. The van der Waals surface area contributed by atoms with Gasteiger partial charge in [-0.25, -0.2) is 5.06 Å². The number of aryl methyl sites for hydroxylation is 1. The first-order valence-electron chi connectivity index (χ1n) is 7.26. The fraction of sp³-hybridized carbons (Fsp3) is 0.278. The highest BCUT2D eigenvalue weighted by Crippen LogP contribution is 2.20. The van der Waals surface area contributed by atoms with Crippen LogP contribution in [0.1, 0.15) is 24.8 Å². The number of hydrogen-bond donors (Lipinski definition) is 1. The Bertz CT molecular complexity index is 562. The maximum atomic E-state index is 11.2. The summed E-state index contributed by atoms with van der Waals surface area (Å²) in [6.45, 7) is 0. The van der Waals surface area contributed by atoms with Gasteiger partial charge < -0.3 is 0 Å². The molecule has 2 aromatic carbocycles. The molecule has 0 spiro atoms. The summed E-state index contributed by atoms with van der Waals surface area (Å²) in [5.41, 5.74) is 3.72. The Balaban J connectivity index is 1.82. The topological polar surface area (TPSA) is 40.5 Å². The predicted molar refractivity (Wildman–Crippen MR) is 84.0 cm³/mol. The molecule has 0 unspecified atom stereocenters. The summed E-state index contributed by atoms with van der Waals surface area (Å²) in [4.78, 5) is 11.2. The van der Waals surface area contributed by atoms with Crippen molar-refractivity contribution in [2.75, 3.05) is 7.05 Å². The molecule has 0 heterocycles. The largest absolute Gasteiger partial charge is 0.286 e. The van der Waals surface area contributed by atoms with Crippen LogP contribution in [-0.4, -0.2) is 23.2 Å². The molecular formula is C18H21NO2. The van der Waals surface area contributed by atoms with Crippen molar-refractivity contribution in [1.82, 2.24) is 5.06 Å². The summed E-state index contributed by atoms with van der Waals surface area (Å²) in [5.74, 6) is -0.227. The fourth-order valence-corrected chi connectivity index (χ4v) is 2.26. The maximum Gasteiger partial charge on any atom is 0.245 e. The van der Waals surface area contributed by atoms with Crippen LogP contribution in [0.3, 0.4) is 0 Å². The summed E-state index contributed by atoms with van der Waals surface area (Å²) in [6, 6.07) is 18.9. The highest BCUT2D eigenvalue weighted by Gasteiger charge is 2.04. The van der Waals surface area contributed by atoms with Crippen LogP contribution >= 0.6 is 0 Å². The molecule has 0 bridgehead atoms. The number of benzene rings is 2. The summed E-state index contributed by atoms with van der Waals surface area (Å²) in [5, 5.41) is 9.62. The van der Waals surface area contributed by atoms with Gasteiger partial charge in [-0.05, 0) is 36.0 Å². The van der Waals surface area contributed by atoms with Gasteiger partial charge in [-0.3, -0.25) is 10.0 Å². The lowest BCUT2D eigenvalue weighted by Gasteiger charge is -2.08. The van der Waals surface area contributed by atoms with Crippen LogP contribution in [-0.2, 0) is 11.2 Å². The minimum atomic E-state index is -0.227. The Hall–Kier alpha value is -2.13. The SMILES string of the molecule is CN(O)C(=O)CCCCc1ccc(-c2ccccc2)cc1. The lowest BCUT2D eigenvalue weighted by Crippen LogP contribution is -2.21. The van der Waals surface area contributed by atoms with E-state index in [1.54, 1.807) is 0 Å². The van der Waals surface area contributed by atoms with E-state index in [4.69, 9.17) is 5.21 Å². The molecule has 2 rings (SSSR count). The first-order valence-corrected chi connectivity index (χ1v) is 7.26. The molecule has 0 atom stereocenters. The van der Waals surface area contributed by atoms with E-state index in [9.17, 15) is 4.79 Å². The molecule has 0 aliphatic heterocycles. The Morgan fingerprint density at radius 2 is 1.57 bits per heavy atom. The highest BCUT2D eigenvalue weighted by molar-refractivity contribution is 5.74. The van der Waals surface area contributed by atoms with E-state index >= 15 is 0 Å². The molecule has 0 fully saturated rings. The van der Waals surface area contributed by atoms with E-state index in [0.717, 1.165) is 19.3 Å². The first-order chi connectivity index (χ1) is 10.2. The van der Waals surface area contributed by atoms with E-state index < -0.39 is 0 Å². The van der Waals surface area contributed by atoms with Gasteiger partial charge in [0.1, 0.15) is 0 Å². The molecule has 0 radical (unpaired) electrons. The molecule has 0 saturated carbocycles. The molecule has 21 heavy (non-hydrogen) atoms. The molecule has 3 heteroatoms. The lowest BCUT2D eigenvalue weighted by molar-refractivity contribution is -0.159. The number of hydroxylamine groups is 2. The van der Waals surface area contributed by atoms with Crippen LogP contribution in [0.25, 0.3) is 11.1 Å². The maximum absolute atomic E-state index is 11.2. The summed E-state index contributed by atoms with van der Waals surface area (Å²) in [6.07, 6.45) is 3.10. The highest BCUT2D eigenvalue weighted by atomic mass is 16.5. The van der Waals surface area contributed by atoms with Crippen LogP contribution in [0.2, 0.25) is 0 Å². The number of unbranched alkanes of at least 4 members (excludes halogenated alkanes) is 1. The zero-order valence-electron chi connectivity index (χ0n) is 12.3. The van der Waals surface area contributed by atoms with Gasteiger partial charge in [-0.1, -0.05) is 54.6 Å². The van der Waals surface area contributed by atoms with Crippen LogP contribution in [0.5, 0.6) is 0 Å². The van der Waals surface area contributed by atoms with Crippen molar-refractivity contribution in [3.8, 4) is 11.1 Å². The Labute approximate surface area is 125 Å². The van der Waals surface area contributed by atoms with Gasteiger partial charge in [-0.15, -0.1) is 0 Å². The van der Waals surface area contributed by atoms with Crippen molar-refractivity contribution in [3.63, 3.8) is 0 Å². The zero-order valence-corrected chi connectivity index (χ0v) is 12.3. The Morgan fingerprint density at radius 3 is 2.19 bits per heavy atom. The summed E-state index contributed by atoms with van der Waals surface area (Å²) >= 11 is 0. The van der Waals surface area contributed by atoms with Gasteiger partial charge in [0.15, 0.2) is 0 Å². The number of carbonyl (C=O) groups is 1. The molecule has 0 aliphatic carbocycles. The van der Waals surface area contributed by atoms with Crippen molar-refractivity contribution < 1.29 is 10.0 Å². The Kier molecular flexibility index (Phi) is 5.52. The first kappa shape index (κ1) is 15.3. The predicted octanol–water partition coefficient (Wildman–Crippen LogP) is 3.91. The fourth-order valence-electron chi connectivity index (χ4n) is 2.26. The third-order valence-corrected chi connectivity index (χ3v) is 3.53. The third-order valence-electron chi connectivity index (χ3n) is 3.53. The molecule has 0 aromatic heterocycles. The summed E-state index contributed by atoms with van der Waals surface area (Å²) in [7, 11) is 1.37. The molecule has 1 N–H and O–H groups in total. The molecule has 3 nitrogen and oxygen atoms in total. The van der Waals surface area contributed by atoms with E-state index in [1.165, 1.54) is 23.7 Å². The minimum absolute atomic E-state index is 0.227. The van der Waals surface area contributed by atoms with Gasteiger partial charge in [0.05, 0.1) is 0 Å². The minimum Gasteiger partial charge on any atom is -0.286 e. The number of hydrogen-bond acceptors (Lipinski definition) is 2. The van der Waals surface area contributed by atoms with Crippen molar-refractivity contribution >= 4 is 5.91 Å². The van der Waals surface area contributed by atoms with Crippen LogP contribution < -0.4 is 0 Å². The standard InChI is InChI=1S/C18H21NO2/c1-19(21)18(20)10-6-5-7-15-11-13-17(14-12-15)16-8-3-2-4-9-16/h2-4,8-9,11-14,21H,5-7,10H2,1H3. The van der Waals surface area contributed by atoms with Crippen molar-refractivity contribution in [3.05, 3.63) is 60.2 Å². The van der Waals surface area contributed by atoms with Crippen LogP contribution in [0.4, 0.5) is 0 Å². The van der Waals surface area contributed by atoms with Crippen LogP contribution in [0.15, 0.2) is 54.6 Å². The van der Waals surface area contributed by atoms with E-state index in [0.29, 0.717) is 11.5 Å². The molecule has 110 valence electrons. The number of amides is 1. The van der Waals surface area contributed by atoms with Gasteiger partial charge in [-0.2, -0.15) is 0 Å².